The van der Waals surface area contributed by atoms with Crippen LogP contribution in [-0.2, 0) is 6.18 Å². The fraction of sp³-hybridized carbons (Fsp3) is 0.368. The Morgan fingerprint density at radius 3 is 2.56 bits per heavy atom. The largest absolute Gasteiger partial charge is 0.456 e. The van der Waals surface area contributed by atoms with Crippen molar-refractivity contribution in [1.82, 2.24) is 15.6 Å². The van der Waals surface area contributed by atoms with Crippen molar-refractivity contribution in [2.24, 2.45) is 0 Å². The Morgan fingerprint density at radius 2 is 1.93 bits per heavy atom. The van der Waals surface area contributed by atoms with E-state index in [4.69, 9.17) is 4.74 Å². The van der Waals surface area contributed by atoms with Crippen LogP contribution >= 0.6 is 0 Å². The summed E-state index contributed by atoms with van der Waals surface area (Å²) in [5.74, 6) is 0.144. The molecule has 5 nitrogen and oxygen atoms in total. The monoisotopic (exact) mass is 377 g/mol. The molecule has 3 heterocycles. The molecule has 2 bridgehead atoms. The minimum atomic E-state index is -4.48. The second-order valence-corrected chi connectivity index (χ2v) is 6.90. The number of carbonyl (C=O) groups excluding carboxylic acids is 1. The standard InChI is InChI=1S/C19H18F3N3O2/c20-19(21,22)12-7-15(10-23-9-12)27-14-4-1-11(2-5-14)18(26)25-17-8-13-3-6-16(17)24-13/h1-2,4-5,7,9-10,13,16-17,24H,3,6,8H2,(H,25,26). The molecule has 2 aromatic rings. The summed E-state index contributed by atoms with van der Waals surface area (Å²) in [6.45, 7) is 0. The Hall–Kier alpha value is -2.61. The van der Waals surface area contributed by atoms with Crippen molar-refractivity contribution in [2.75, 3.05) is 0 Å². The van der Waals surface area contributed by atoms with Crippen molar-refractivity contribution >= 4 is 5.91 Å². The molecule has 1 amide bonds. The van der Waals surface area contributed by atoms with E-state index in [1.165, 1.54) is 6.20 Å². The molecular formula is C19H18F3N3O2. The summed E-state index contributed by atoms with van der Waals surface area (Å²) in [7, 11) is 0. The first kappa shape index (κ1) is 17.8. The van der Waals surface area contributed by atoms with Crippen molar-refractivity contribution in [3.63, 3.8) is 0 Å². The maximum Gasteiger partial charge on any atom is 0.418 e. The predicted molar refractivity (Wildman–Crippen MR) is 91.6 cm³/mol. The predicted octanol–water partition coefficient (Wildman–Crippen LogP) is 3.52. The fourth-order valence-corrected chi connectivity index (χ4v) is 3.68. The number of alkyl halides is 3. The molecule has 3 atom stereocenters. The van der Waals surface area contributed by atoms with E-state index in [1.807, 2.05) is 0 Å². The summed E-state index contributed by atoms with van der Waals surface area (Å²) in [4.78, 5) is 15.9. The zero-order valence-electron chi connectivity index (χ0n) is 14.3. The zero-order valence-corrected chi connectivity index (χ0v) is 14.3. The highest BCUT2D eigenvalue weighted by Crippen LogP contribution is 2.32. The first-order valence-electron chi connectivity index (χ1n) is 8.75. The number of ether oxygens (including phenoxy) is 1. The average Bonchev–Trinajstić information content (AvgIpc) is 3.25. The van der Waals surface area contributed by atoms with E-state index in [0.29, 0.717) is 23.4 Å². The SMILES string of the molecule is O=C(NC1CC2CCC1N2)c1ccc(Oc2cncc(C(F)(F)F)c2)cc1. The van der Waals surface area contributed by atoms with Gasteiger partial charge in [0, 0.05) is 29.9 Å². The second kappa shape index (κ2) is 6.84. The molecule has 0 aliphatic carbocycles. The quantitative estimate of drug-likeness (QED) is 0.856. The first-order valence-corrected chi connectivity index (χ1v) is 8.75. The Balaban J connectivity index is 1.39. The van der Waals surface area contributed by atoms with Crippen LogP contribution in [0.3, 0.4) is 0 Å². The third-order valence-electron chi connectivity index (χ3n) is 5.01. The van der Waals surface area contributed by atoms with Gasteiger partial charge in [0.25, 0.3) is 5.91 Å². The minimum absolute atomic E-state index is 0.0184. The van der Waals surface area contributed by atoms with Crippen LogP contribution in [0.4, 0.5) is 13.2 Å². The van der Waals surface area contributed by atoms with Crippen LogP contribution in [0.15, 0.2) is 42.7 Å². The molecule has 0 spiro atoms. The molecule has 3 unspecified atom stereocenters. The molecule has 27 heavy (non-hydrogen) atoms. The summed E-state index contributed by atoms with van der Waals surface area (Å²) in [5.41, 5.74) is -0.400. The summed E-state index contributed by atoms with van der Waals surface area (Å²) in [6, 6.07) is 8.15. The molecule has 1 aromatic heterocycles. The third-order valence-corrected chi connectivity index (χ3v) is 5.01. The van der Waals surface area contributed by atoms with Crippen LogP contribution in [0.2, 0.25) is 0 Å². The Kier molecular flexibility index (Phi) is 4.51. The Morgan fingerprint density at radius 1 is 1.15 bits per heavy atom. The van der Waals surface area contributed by atoms with E-state index in [0.717, 1.165) is 31.5 Å². The number of fused-ring (bicyclic) bond motifs is 2. The van der Waals surface area contributed by atoms with Crippen LogP contribution in [0, 0.1) is 0 Å². The number of nitrogens with one attached hydrogen (secondary N) is 2. The number of nitrogens with zero attached hydrogens (tertiary/aromatic N) is 1. The molecule has 142 valence electrons. The highest BCUT2D eigenvalue weighted by Gasteiger charge is 2.39. The van der Waals surface area contributed by atoms with Crippen LogP contribution in [0.1, 0.15) is 35.2 Å². The van der Waals surface area contributed by atoms with Crippen molar-refractivity contribution in [1.29, 1.82) is 0 Å². The van der Waals surface area contributed by atoms with Gasteiger partial charge in [-0.3, -0.25) is 9.78 Å². The number of benzene rings is 1. The number of hydrogen-bond donors (Lipinski definition) is 2. The first-order chi connectivity index (χ1) is 12.9. The summed E-state index contributed by atoms with van der Waals surface area (Å²) in [5, 5.41) is 6.51. The number of pyridine rings is 1. The lowest BCUT2D eigenvalue weighted by Gasteiger charge is -2.21. The minimum Gasteiger partial charge on any atom is -0.456 e. The molecule has 2 aliphatic heterocycles. The summed E-state index contributed by atoms with van der Waals surface area (Å²) in [6.07, 6.45) is 0.646. The third kappa shape index (κ3) is 3.90. The van der Waals surface area contributed by atoms with Gasteiger partial charge < -0.3 is 15.4 Å². The molecule has 0 radical (unpaired) electrons. The lowest BCUT2D eigenvalue weighted by atomic mass is 9.95. The van der Waals surface area contributed by atoms with Gasteiger partial charge in [0.1, 0.15) is 11.5 Å². The molecule has 2 saturated heterocycles. The van der Waals surface area contributed by atoms with Gasteiger partial charge in [0.15, 0.2) is 0 Å². The Labute approximate surface area is 153 Å². The van der Waals surface area contributed by atoms with Crippen molar-refractivity contribution in [2.45, 2.75) is 43.6 Å². The van der Waals surface area contributed by atoms with Crippen molar-refractivity contribution < 1.29 is 22.7 Å². The maximum absolute atomic E-state index is 12.7. The van der Waals surface area contributed by atoms with Gasteiger partial charge in [-0.1, -0.05) is 0 Å². The van der Waals surface area contributed by atoms with Gasteiger partial charge in [0.05, 0.1) is 11.8 Å². The molecule has 2 fully saturated rings. The van der Waals surface area contributed by atoms with Crippen molar-refractivity contribution in [3.05, 3.63) is 53.9 Å². The van der Waals surface area contributed by atoms with Crippen LogP contribution in [-0.4, -0.2) is 29.0 Å². The van der Waals surface area contributed by atoms with Crippen LogP contribution < -0.4 is 15.4 Å². The fourth-order valence-electron chi connectivity index (χ4n) is 3.68. The van der Waals surface area contributed by atoms with E-state index >= 15 is 0 Å². The van der Waals surface area contributed by atoms with Crippen LogP contribution in [0.5, 0.6) is 11.5 Å². The van der Waals surface area contributed by atoms with E-state index in [-0.39, 0.29) is 17.7 Å². The number of aromatic nitrogens is 1. The molecule has 0 saturated carbocycles. The van der Waals surface area contributed by atoms with Gasteiger partial charge in [0.2, 0.25) is 0 Å². The smallest absolute Gasteiger partial charge is 0.418 e. The number of hydrogen-bond acceptors (Lipinski definition) is 4. The number of rotatable bonds is 4. The van der Waals surface area contributed by atoms with E-state index in [1.54, 1.807) is 24.3 Å². The van der Waals surface area contributed by atoms with Gasteiger partial charge in [-0.25, -0.2) is 0 Å². The summed E-state index contributed by atoms with van der Waals surface area (Å²) < 4.78 is 43.6. The second-order valence-electron chi connectivity index (χ2n) is 6.90. The number of amides is 1. The molecule has 4 rings (SSSR count). The topological polar surface area (TPSA) is 63.2 Å². The van der Waals surface area contributed by atoms with E-state index < -0.39 is 11.7 Å². The van der Waals surface area contributed by atoms with Crippen molar-refractivity contribution in [3.8, 4) is 11.5 Å². The average molecular weight is 377 g/mol. The van der Waals surface area contributed by atoms with E-state index in [2.05, 4.69) is 15.6 Å². The van der Waals surface area contributed by atoms with Gasteiger partial charge in [-0.15, -0.1) is 0 Å². The molecule has 2 aliphatic rings. The number of halogens is 3. The molecule has 2 N–H and O–H groups in total. The highest BCUT2D eigenvalue weighted by molar-refractivity contribution is 5.94. The van der Waals surface area contributed by atoms with Gasteiger partial charge in [-0.05, 0) is 49.6 Å². The molecule has 1 aromatic carbocycles. The Bertz CT molecular complexity index is 839. The van der Waals surface area contributed by atoms with Gasteiger partial charge in [-0.2, -0.15) is 13.2 Å². The number of carbonyl (C=O) groups is 1. The molecule has 8 heteroatoms. The normalized spacial score (nSPS) is 24.0. The maximum atomic E-state index is 12.7. The highest BCUT2D eigenvalue weighted by atomic mass is 19.4. The van der Waals surface area contributed by atoms with E-state index in [9.17, 15) is 18.0 Å². The molecular weight excluding hydrogens is 359 g/mol. The van der Waals surface area contributed by atoms with Gasteiger partial charge >= 0.3 is 6.18 Å². The summed E-state index contributed by atoms with van der Waals surface area (Å²) >= 11 is 0. The zero-order chi connectivity index (χ0) is 19.0. The lowest BCUT2D eigenvalue weighted by Crippen LogP contribution is -2.42. The lowest BCUT2D eigenvalue weighted by molar-refractivity contribution is -0.137. The van der Waals surface area contributed by atoms with Crippen LogP contribution in [0.25, 0.3) is 0 Å².